The Morgan fingerprint density at radius 2 is 1.36 bits per heavy atom. The number of hydrogen-bond acceptors (Lipinski definition) is 6. The molecule has 9 rings (SSSR count). The first-order chi connectivity index (χ1) is 21.8. The molecule has 0 saturated carbocycles. The summed E-state index contributed by atoms with van der Waals surface area (Å²) in [5, 5.41) is 2.28. The predicted molar refractivity (Wildman–Crippen MR) is 182 cm³/mol. The molecular formula is C37H26N6S. The molecule has 0 spiro atoms. The smallest absolute Gasteiger partial charge is 0.238 e. The molecule has 0 saturated heterocycles. The summed E-state index contributed by atoms with van der Waals surface area (Å²) < 4.78 is 3.45. The van der Waals surface area contributed by atoms with Gasteiger partial charge in [0.2, 0.25) is 5.95 Å². The number of allylic oxidation sites excluding steroid dienone is 4. The summed E-state index contributed by atoms with van der Waals surface area (Å²) in [6.07, 6.45) is 8.54. The van der Waals surface area contributed by atoms with Gasteiger partial charge in [-0.1, -0.05) is 115 Å². The average Bonchev–Trinajstić information content (AvgIpc) is 3.65. The van der Waals surface area contributed by atoms with Crippen LogP contribution in [0.1, 0.15) is 18.7 Å². The van der Waals surface area contributed by atoms with Gasteiger partial charge in [-0.2, -0.15) is 9.97 Å². The molecule has 4 heterocycles. The Kier molecular flexibility index (Phi) is 5.70. The lowest BCUT2D eigenvalue weighted by atomic mass is 10.0. The van der Waals surface area contributed by atoms with E-state index in [-0.39, 0.29) is 0 Å². The maximum absolute atomic E-state index is 5.15. The van der Waals surface area contributed by atoms with Crippen molar-refractivity contribution in [1.29, 1.82) is 0 Å². The highest BCUT2D eigenvalue weighted by Gasteiger charge is 2.30. The molecule has 0 bridgehead atoms. The van der Waals surface area contributed by atoms with Crippen LogP contribution < -0.4 is 10.9 Å². The quantitative estimate of drug-likeness (QED) is 0.215. The van der Waals surface area contributed by atoms with Crippen LogP contribution in [0.4, 0.5) is 11.4 Å². The van der Waals surface area contributed by atoms with Crippen LogP contribution in [0.15, 0.2) is 121 Å². The number of aromatic nitrogens is 4. The number of hydrogen-bond donors (Lipinski definition) is 2. The molecule has 0 unspecified atom stereocenters. The molecule has 7 heteroatoms. The van der Waals surface area contributed by atoms with Crippen molar-refractivity contribution in [3.05, 3.63) is 127 Å². The molecule has 0 amide bonds. The van der Waals surface area contributed by atoms with Crippen LogP contribution in [0, 0.1) is 0 Å². The van der Waals surface area contributed by atoms with Crippen LogP contribution in [-0.4, -0.2) is 19.5 Å². The van der Waals surface area contributed by atoms with Gasteiger partial charge >= 0.3 is 0 Å². The molecule has 210 valence electrons. The molecule has 44 heavy (non-hydrogen) atoms. The third kappa shape index (κ3) is 3.90. The summed E-state index contributed by atoms with van der Waals surface area (Å²) in [5.74, 6) is 1.93. The molecule has 0 atom stereocenters. The van der Waals surface area contributed by atoms with Crippen molar-refractivity contribution in [3.8, 4) is 39.0 Å². The number of rotatable bonds is 4. The summed E-state index contributed by atoms with van der Waals surface area (Å²) in [5.41, 5.74) is 15.7. The zero-order valence-electron chi connectivity index (χ0n) is 23.7. The number of para-hydroxylation sites is 1. The molecule has 0 fully saturated rings. The zero-order valence-corrected chi connectivity index (χ0v) is 24.5. The lowest BCUT2D eigenvalue weighted by molar-refractivity contribution is 0.916. The molecule has 6 nitrogen and oxygen atoms in total. The summed E-state index contributed by atoms with van der Waals surface area (Å²) in [6.45, 7) is 0. The van der Waals surface area contributed by atoms with E-state index in [4.69, 9.17) is 15.0 Å². The van der Waals surface area contributed by atoms with Crippen molar-refractivity contribution in [3.63, 3.8) is 0 Å². The third-order valence-corrected chi connectivity index (χ3v) is 9.56. The van der Waals surface area contributed by atoms with E-state index >= 15 is 0 Å². The number of hydrazine groups is 1. The number of nitrogens with zero attached hydrogens (tertiary/aromatic N) is 4. The minimum absolute atomic E-state index is 0.599. The monoisotopic (exact) mass is 586 g/mol. The van der Waals surface area contributed by atoms with E-state index < -0.39 is 0 Å². The normalized spacial score (nSPS) is 13.7. The minimum Gasteiger partial charge on any atom is -0.299 e. The fourth-order valence-corrected chi connectivity index (χ4v) is 7.59. The maximum Gasteiger partial charge on any atom is 0.238 e. The number of fused-ring (bicyclic) bond motifs is 7. The van der Waals surface area contributed by atoms with Gasteiger partial charge in [-0.05, 0) is 30.0 Å². The number of benzene rings is 4. The second-order valence-electron chi connectivity index (χ2n) is 11.0. The van der Waals surface area contributed by atoms with E-state index in [2.05, 4.69) is 119 Å². The van der Waals surface area contributed by atoms with Gasteiger partial charge in [0, 0.05) is 26.6 Å². The van der Waals surface area contributed by atoms with E-state index in [0.29, 0.717) is 17.6 Å². The largest absolute Gasteiger partial charge is 0.299 e. The van der Waals surface area contributed by atoms with Gasteiger partial charge in [-0.25, -0.2) is 4.98 Å². The highest BCUT2D eigenvalue weighted by molar-refractivity contribution is 7.23. The van der Waals surface area contributed by atoms with Gasteiger partial charge in [0.05, 0.1) is 27.5 Å². The van der Waals surface area contributed by atoms with Gasteiger partial charge in [-0.3, -0.25) is 15.4 Å². The Morgan fingerprint density at radius 1 is 0.636 bits per heavy atom. The van der Waals surface area contributed by atoms with Crippen LogP contribution in [0.2, 0.25) is 0 Å². The second-order valence-corrected chi connectivity index (χ2v) is 12.0. The Labute approximate surface area is 258 Å². The number of thiophene rings is 1. The topological polar surface area (TPSA) is 67.7 Å². The predicted octanol–water partition coefficient (Wildman–Crippen LogP) is 9.52. The van der Waals surface area contributed by atoms with Crippen molar-refractivity contribution < 1.29 is 0 Å². The van der Waals surface area contributed by atoms with Crippen molar-refractivity contribution in [2.24, 2.45) is 0 Å². The van der Waals surface area contributed by atoms with Crippen molar-refractivity contribution in [2.75, 3.05) is 10.9 Å². The Morgan fingerprint density at radius 3 is 2.18 bits per heavy atom. The molecule has 1 aliphatic carbocycles. The average molecular weight is 587 g/mol. The third-order valence-electron chi connectivity index (χ3n) is 8.31. The minimum atomic E-state index is 0.599. The van der Waals surface area contributed by atoms with Crippen molar-refractivity contribution in [2.45, 2.75) is 12.8 Å². The second kappa shape index (κ2) is 10.0. The molecule has 4 aromatic carbocycles. The van der Waals surface area contributed by atoms with Gasteiger partial charge in [-0.15, -0.1) is 11.3 Å². The summed E-state index contributed by atoms with van der Waals surface area (Å²) in [6, 6.07) is 35.7. The van der Waals surface area contributed by atoms with Gasteiger partial charge in [0.15, 0.2) is 11.6 Å². The van der Waals surface area contributed by atoms with Crippen LogP contribution in [0.3, 0.4) is 0 Å². The van der Waals surface area contributed by atoms with E-state index in [1.54, 1.807) is 11.3 Å². The Bertz CT molecular complexity index is 2280. The fraction of sp³-hybridized carbons (Fsp3) is 0.0541. The Hall–Kier alpha value is -5.53. The highest BCUT2D eigenvalue weighted by Crippen LogP contribution is 2.53. The van der Waals surface area contributed by atoms with Crippen LogP contribution in [0.5, 0.6) is 0 Å². The van der Waals surface area contributed by atoms with E-state index in [9.17, 15) is 0 Å². The lowest BCUT2D eigenvalue weighted by Gasteiger charge is -2.20. The number of nitrogens with one attached hydrogen (secondary N) is 2. The first-order valence-electron chi connectivity index (χ1n) is 14.8. The van der Waals surface area contributed by atoms with E-state index in [1.165, 1.54) is 21.2 Å². The zero-order chi connectivity index (χ0) is 29.0. The molecule has 7 aromatic rings. The molecule has 0 radical (unpaired) electrons. The number of anilines is 2. The summed E-state index contributed by atoms with van der Waals surface area (Å²) >= 11 is 1.80. The van der Waals surface area contributed by atoms with Gasteiger partial charge < -0.3 is 0 Å². The molecule has 2 aliphatic rings. The highest BCUT2D eigenvalue weighted by atomic mass is 32.1. The standard InChI is InChI=1S/C37H26N6S/c1-4-13-23(14-5-1)26-20-12-21-28-31-34(44-33(26)28)32-30(41-42-31)27-19-10-11-22-29(27)43(32)37-39-35(24-15-6-2-7-16-24)38-36(40-37)25-17-8-3-9-18-25/h1-2,4-8,10-22,41-42H,3,9H2. The first-order valence-corrected chi connectivity index (χ1v) is 15.6. The first kappa shape index (κ1) is 25.0. The molecule has 1 aliphatic heterocycles. The molecule has 3 aromatic heterocycles. The van der Waals surface area contributed by atoms with Crippen LogP contribution in [-0.2, 0) is 0 Å². The SMILES string of the molecule is C1=CC(c2nc(-c3ccccc3)nc(-n3c4c(c5ccccc53)NNc3c-4sc4c(-c5ccccc5)cccc34)n2)=CCC1. The van der Waals surface area contributed by atoms with Crippen molar-refractivity contribution >= 4 is 49.3 Å². The lowest BCUT2D eigenvalue weighted by Crippen LogP contribution is -2.15. The molecule has 2 N–H and O–H groups in total. The summed E-state index contributed by atoms with van der Waals surface area (Å²) in [7, 11) is 0. The maximum atomic E-state index is 5.15. The van der Waals surface area contributed by atoms with Crippen LogP contribution in [0.25, 0.3) is 65.6 Å². The fourth-order valence-electron chi connectivity index (χ4n) is 6.26. The van der Waals surface area contributed by atoms with E-state index in [1.807, 2.05) is 18.2 Å². The van der Waals surface area contributed by atoms with Crippen molar-refractivity contribution in [1.82, 2.24) is 19.5 Å². The Balaban J connectivity index is 1.34. The molecular weight excluding hydrogens is 561 g/mol. The van der Waals surface area contributed by atoms with Crippen LogP contribution >= 0.6 is 11.3 Å². The van der Waals surface area contributed by atoms with Gasteiger partial charge in [0.1, 0.15) is 0 Å². The van der Waals surface area contributed by atoms with E-state index in [0.717, 1.165) is 56.8 Å². The van der Waals surface area contributed by atoms with Gasteiger partial charge in [0.25, 0.3) is 0 Å². The summed E-state index contributed by atoms with van der Waals surface area (Å²) in [4.78, 5) is 16.4.